The van der Waals surface area contributed by atoms with Crippen LogP contribution >= 0.6 is 39.1 Å². The maximum atomic E-state index is 14.1. The summed E-state index contributed by atoms with van der Waals surface area (Å²) in [6, 6.07) is 18.1. The molecule has 4 aliphatic rings. The zero-order valence-corrected chi connectivity index (χ0v) is 25.0. The molecule has 2 saturated heterocycles. The Morgan fingerprint density at radius 1 is 0.690 bits per heavy atom. The number of phenols is 1. The first-order valence-electron chi connectivity index (χ1n) is 13.6. The number of hydrogen-bond acceptors (Lipinski definition) is 5. The van der Waals surface area contributed by atoms with Crippen LogP contribution in [0.1, 0.15) is 24.3 Å². The number of nitrogens with zero attached hydrogens (tertiary/aromatic N) is 2. The molecule has 2 aliphatic carbocycles. The number of carbonyl (C=O) groups excluding carboxylic acids is 4. The molecule has 0 aromatic heterocycles. The van der Waals surface area contributed by atoms with Gasteiger partial charge in [0.1, 0.15) is 5.75 Å². The Hall–Kier alpha value is -3.46. The molecule has 2 aliphatic heterocycles. The van der Waals surface area contributed by atoms with Gasteiger partial charge in [-0.05, 0) is 85.5 Å². The van der Waals surface area contributed by atoms with Crippen molar-refractivity contribution in [3.63, 3.8) is 0 Å². The zero-order chi connectivity index (χ0) is 29.4. The number of phenolic OH excluding ortho intramolecular Hbond substituents is 1. The normalized spacial score (nSPS) is 28.5. The van der Waals surface area contributed by atoms with E-state index in [0.29, 0.717) is 37.9 Å². The van der Waals surface area contributed by atoms with Gasteiger partial charge in [0.25, 0.3) is 0 Å². The first-order chi connectivity index (χ1) is 20.2. The second-order valence-corrected chi connectivity index (χ2v) is 13.0. The number of imide groups is 2. The van der Waals surface area contributed by atoms with E-state index in [1.165, 1.54) is 9.80 Å². The van der Waals surface area contributed by atoms with Crippen molar-refractivity contribution < 1.29 is 24.3 Å². The van der Waals surface area contributed by atoms with Crippen LogP contribution in [0.4, 0.5) is 11.4 Å². The minimum absolute atomic E-state index is 0.00701. The lowest BCUT2D eigenvalue weighted by Gasteiger charge is -2.44. The molecule has 0 unspecified atom stereocenters. The largest absolute Gasteiger partial charge is 0.508 e. The molecule has 2 heterocycles. The average molecular weight is 666 g/mol. The number of allylic oxidation sites excluding steroid dienone is 2. The summed E-state index contributed by atoms with van der Waals surface area (Å²) in [6.45, 7) is 0. The molecule has 0 spiro atoms. The second kappa shape index (κ2) is 10.1. The highest BCUT2D eigenvalue weighted by atomic mass is 79.9. The number of carbonyl (C=O) groups is 4. The lowest BCUT2D eigenvalue weighted by atomic mass is 9.57. The molecule has 0 radical (unpaired) electrons. The van der Waals surface area contributed by atoms with Crippen LogP contribution in [0.15, 0.2) is 82.9 Å². The van der Waals surface area contributed by atoms with E-state index in [1.54, 1.807) is 66.7 Å². The third-order valence-electron chi connectivity index (χ3n) is 9.14. The van der Waals surface area contributed by atoms with Crippen LogP contribution in [0.3, 0.4) is 0 Å². The van der Waals surface area contributed by atoms with Crippen molar-refractivity contribution in [2.24, 2.45) is 29.6 Å². The van der Waals surface area contributed by atoms with Gasteiger partial charge < -0.3 is 5.11 Å². The van der Waals surface area contributed by atoms with Crippen LogP contribution < -0.4 is 9.80 Å². The molecule has 7 nitrogen and oxygen atoms in total. The van der Waals surface area contributed by atoms with E-state index < -0.39 is 35.5 Å². The highest BCUT2D eigenvalue weighted by Gasteiger charge is 2.62. The van der Waals surface area contributed by atoms with Crippen molar-refractivity contribution in [1.29, 1.82) is 0 Å². The number of hydrogen-bond donors (Lipinski definition) is 1. The van der Waals surface area contributed by atoms with Crippen molar-refractivity contribution in [1.82, 2.24) is 0 Å². The maximum absolute atomic E-state index is 14.1. The van der Waals surface area contributed by atoms with E-state index in [4.69, 9.17) is 23.2 Å². The Morgan fingerprint density at radius 3 is 1.83 bits per heavy atom. The molecule has 0 bridgehead atoms. The van der Waals surface area contributed by atoms with Crippen LogP contribution in [0.2, 0.25) is 10.0 Å². The predicted octanol–water partition coefficient (Wildman–Crippen LogP) is 6.51. The van der Waals surface area contributed by atoms with Crippen LogP contribution in [0.5, 0.6) is 5.75 Å². The Labute approximate surface area is 259 Å². The minimum Gasteiger partial charge on any atom is -0.508 e. The number of fused-ring (bicyclic) bond motifs is 4. The monoisotopic (exact) mass is 664 g/mol. The van der Waals surface area contributed by atoms with E-state index in [-0.39, 0.29) is 35.8 Å². The highest BCUT2D eigenvalue weighted by Crippen LogP contribution is 2.59. The fourth-order valence-corrected chi connectivity index (χ4v) is 8.03. The number of halogens is 3. The molecular weight excluding hydrogens is 643 g/mol. The van der Waals surface area contributed by atoms with Crippen LogP contribution in [-0.4, -0.2) is 28.7 Å². The number of rotatable bonds is 3. The molecule has 1 saturated carbocycles. The topological polar surface area (TPSA) is 95.0 Å². The van der Waals surface area contributed by atoms with Crippen molar-refractivity contribution in [2.75, 3.05) is 9.80 Å². The molecule has 7 rings (SSSR count). The molecular formula is C32H23BrCl2N2O5. The number of anilines is 2. The van der Waals surface area contributed by atoms with E-state index in [0.717, 1.165) is 5.57 Å². The van der Waals surface area contributed by atoms with Gasteiger partial charge in [0, 0.05) is 26.0 Å². The van der Waals surface area contributed by atoms with E-state index in [1.807, 2.05) is 6.08 Å². The van der Waals surface area contributed by atoms with E-state index in [2.05, 4.69) is 15.9 Å². The standard InChI is InChI=1S/C32H23BrCl2N2O5/c33-15-1-12-25(38)23(13-15)26-20-10-11-21-27(31(41)36(29(21)39)18-6-2-16(34)3-7-18)22(20)14-24-28(26)32(42)37(30(24)40)19-8-4-17(35)5-9-19/h1-10,12-13,21-22,24,26-28,38H,11,14H2/t21-,22+,24+,26+,27-,28+/m0/s1. The Bertz CT molecular complexity index is 1710. The number of aromatic hydroxyl groups is 1. The summed E-state index contributed by atoms with van der Waals surface area (Å²) < 4.78 is 0.704. The molecule has 3 aromatic rings. The van der Waals surface area contributed by atoms with Gasteiger partial charge in [0.2, 0.25) is 23.6 Å². The highest BCUT2D eigenvalue weighted by molar-refractivity contribution is 9.10. The summed E-state index contributed by atoms with van der Waals surface area (Å²) in [5, 5.41) is 12.0. The first-order valence-corrected chi connectivity index (χ1v) is 15.2. The first kappa shape index (κ1) is 27.4. The Balaban J connectivity index is 1.35. The van der Waals surface area contributed by atoms with Gasteiger partial charge in [-0.25, -0.2) is 0 Å². The van der Waals surface area contributed by atoms with Crippen LogP contribution in [0.25, 0.3) is 0 Å². The van der Waals surface area contributed by atoms with Crippen LogP contribution in [0, 0.1) is 29.6 Å². The molecule has 42 heavy (non-hydrogen) atoms. The van der Waals surface area contributed by atoms with Gasteiger partial charge in [-0.3, -0.25) is 29.0 Å². The lowest BCUT2D eigenvalue weighted by Crippen LogP contribution is -2.43. The number of benzene rings is 3. The quantitative estimate of drug-likeness (QED) is 0.254. The van der Waals surface area contributed by atoms with Crippen molar-refractivity contribution in [3.8, 4) is 5.75 Å². The Kier molecular flexibility index (Phi) is 6.57. The van der Waals surface area contributed by atoms with Crippen molar-refractivity contribution >= 4 is 74.1 Å². The third-order valence-corrected chi connectivity index (χ3v) is 10.1. The predicted molar refractivity (Wildman–Crippen MR) is 161 cm³/mol. The smallest absolute Gasteiger partial charge is 0.238 e. The molecule has 1 N–H and O–H groups in total. The van der Waals surface area contributed by atoms with Crippen molar-refractivity contribution in [3.05, 3.63) is 98.5 Å². The van der Waals surface area contributed by atoms with E-state index >= 15 is 0 Å². The van der Waals surface area contributed by atoms with Gasteiger partial charge in [-0.15, -0.1) is 0 Å². The van der Waals surface area contributed by atoms with Gasteiger partial charge in [-0.2, -0.15) is 0 Å². The fourth-order valence-electron chi connectivity index (χ4n) is 7.40. The van der Waals surface area contributed by atoms with Crippen molar-refractivity contribution in [2.45, 2.75) is 18.8 Å². The van der Waals surface area contributed by atoms with Gasteiger partial charge in [0.15, 0.2) is 0 Å². The summed E-state index contributed by atoms with van der Waals surface area (Å²) in [6.07, 6.45) is 2.51. The van der Waals surface area contributed by atoms with Gasteiger partial charge >= 0.3 is 0 Å². The lowest BCUT2D eigenvalue weighted by molar-refractivity contribution is -0.126. The summed E-state index contributed by atoms with van der Waals surface area (Å²) in [5.41, 5.74) is 2.17. The summed E-state index contributed by atoms with van der Waals surface area (Å²) >= 11 is 15.6. The molecule has 3 aromatic carbocycles. The van der Waals surface area contributed by atoms with Gasteiger partial charge in [0.05, 0.1) is 35.0 Å². The molecule has 3 fully saturated rings. The zero-order valence-electron chi connectivity index (χ0n) is 21.9. The second-order valence-electron chi connectivity index (χ2n) is 11.2. The average Bonchev–Trinajstić information content (AvgIpc) is 3.38. The Morgan fingerprint density at radius 2 is 1.24 bits per heavy atom. The molecule has 6 atom stereocenters. The molecule has 4 amide bonds. The summed E-state index contributed by atoms with van der Waals surface area (Å²) in [7, 11) is 0. The minimum atomic E-state index is -0.785. The summed E-state index contributed by atoms with van der Waals surface area (Å²) in [5.74, 6) is -5.29. The third kappa shape index (κ3) is 4.07. The fraction of sp³-hybridized carbons (Fsp3) is 0.250. The van der Waals surface area contributed by atoms with Crippen LogP contribution in [-0.2, 0) is 19.2 Å². The molecule has 10 heteroatoms. The SMILES string of the molecule is O=C1[C@H]2[C@H](CC=C3[C@H]2C[C@H]2C(=O)N(c4ccc(Cl)cc4)C(=O)[C@H]2[C@H]3c2cc(Br)ccc2O)C(=O)N1c1ccc(Cl)cc1. The maximum Gasteiger partial charge on any atom is 0.238 e. The van der Waals surface area contributed by atoms with Gasteiger partial charge in [-0.1, -0.05) is 50.8 Å². The number of amides is 4. The molecule has 212 valence electrons. The summed E-state index contributed by atoms with van der Waals surface area (Å²) in [4.78, 5) is 58.2. The van der Waals surface area contributed by atoms with E-state index in [9.17, 15) is 24.3 Å².